The number of rotatable bonds is 4. The zero-order valence-corrected chi connectivity index (χ0v) is 11.7. The van der Waals surface area contributed by atoms with Crippen molar-refractivity contribution in [2.45, 2.75) is 11.9 Å². The van der Waals surface area contributed by atoms with Crippen LogP contribution in [0.4, 0.5) is 5.69 Å². The quantitative estimate of drug-likeness (QED) is 0.752. The van der Waals surface area contributed by atoms with Gasteiger partial charge in [-0.05, 0) is 31.4 Å². The fraction of sp³-hybridized carbons (Fsp3) is 0.154. The second-order valence-electron chi connectivity index (χ2n) is 4.06. The molecular formula is C13H13N3O3S. The van der Waals surface area contributed by atoms with E-state index in [4.69, 9.17) is 5.11 Å². The van der Waals surface area contributed by atoms with Gasteiger partial charge in [0.05, 0.1) is 11.3 Å². The van der Waals surface area contributed by atoms with E-state index in [0.29, 0.717) is 16.3 Å². The van der Waals surface area contributed by atoms with Crippen molar-refractivity contribution in [3.63, 3.8) is 0 Å². The molecule has 0 fully saturated rings. The number of aromatic carboxylic acids is 1. The van der Waals surface area contributed by atoms with Crippen LogP contribution >= 0.6 is 11.8 Å². The van der Waals surface area contributed by atoms with E-state index in [9.17, 15) is 9.59 Å². The highest BCUT2D eigenvalue weighted by Gasteiger charge is 2.18. The Bertz CT molecular complexity index is 667. The number of H-pyrrole nitrogens is 1. The number of aryl methyl sites for hydroxylation is 1. The lowest BCUT2D eigenvalue weighted by Crippen LogP contribution is -2.15. The molecule has 104 valence electrons. The fourth-order valence-electron chi connectivity index (χ4n) is 1.77. The van der Waals surface area contributed by atoms with Gasteiger partial charge in [-0.3, -0.25) is 4.79 Å². The average Bonchev–Trinajstić information content (AvgIpc) is 2.79. The van der Waals surface area contributed by atoms with Gasteiger partial charge in [0, 0.05) is 11.9 Å². The third-order valence-electron chi connectivity index (χ3n) is 2.62. The maximum absolute atomic E-state index is 12.2. The summed E-state index contributed by atoms with van der Waals surface area (Å²) in [5, 5.41) is 12.3. The van der Waals surface area contributed by atoms with E-state index in [1.54, 1.807) is 31.3 Å². The Hall–Kier alpha value is -2.28. The van der Waals surface area contributed by atoms with Gasteiger partial charge in [0.25, 0.3) is 5.91 Å². The van der Waals surface area contributed by atoms with Crippen LogP contribution < -0.4 is 5.32 Å². The molecule has 2 heterocycles. The summed E-state index contributed by atoms with van der Waals surface area (Å²) in [7, 11) is 0. The van der Waals surface area contributed by atoms with Crippen LogP contribution in [0.3, 0.4) is 0 Å². The SMILES string of the molecule is CSc1ncccc1C(=O)Nc1cc(C)[nH]c1C(=O)O. The van der Waals surface area contributed by atoms with Gasteiger partial charge in [-0.15, -0.1) is 11.8 Å². The highest BCUT2D eigenvalue weighted by molar-refractivity contribution is 7.98. The second-order valence-corrected chi connectivity index (χ2v) is 4.86. The first-order valence-corrected chi connectivity index (χ1v) is 6.98. The van der Waals surface area contributed by atoms with E-state index in [2.05, 4.69) is 15.3 Å². The number of anilines is 1. The summed E-state index contributed by atoms with van der Waals surface area (Å²) in [6.07, 6.45) is 3.42. The summed E-state index contributed by atoms with van der Waals surface area (Å²) < 4.78 is 0. The molecule has 20 heavy (non-hydrogen) atoms. The van der Waals surface area contributed by atoms with Crippen LogP contribution in [0.2, 0.25) is 0 Å². The van der Waals surface area contributed by atoms with Gasteiger partial charge in [-0.25, -0.2) is 9.78 Å². The third-order valence-corrected chi connectivity index (χ3v) is 3.34. The maximum atomic E-state index is 12.2. The number of hydrogen-bond donors (Lipinski definition) is 3. The van der Waals surface area contributed by atoms with Crippen molar-refractivity contribution in [3.05, 3.63) is 41.3 Å². The molecule has 0 saturated carbocycles. The topological polar surface area (TPSA) is 95.1 Å². The molecule has 0 aliphatic heterocycles. The van der Waals surface area contributed by atoms with E-state index < -0.39 is 5.97 Å². The molecule has 1 amide bonds. The Morgan fingerprint density at radius 2 is 2.20 bits per heavy atom. The minimum absolute atomic E-state index is 0.0366. The zero-order valence-electron chi connectivity index (χ0n) is 10.9. The average molecular weight is 291 g/mol. The predicted molar refractivity (Wildman–Crippen MR) is 76.5 cm³/mol. The van der Waals surface area contributed by atoms with Gasteiger partial charge in [-0.1, -0.05) is 0 Å². The van der Waals surface area contributed by atoms with Crippen LogP contribution in [-0.2, 0) is 0 Å². The Labute approximate surface area is 119 Å². The number of carbonyl (C=O) groups excluding carboxylic acids is 1. The number of aromatic nitrogens is 2. The summed E-state index contributed by atoms with van der Waals surface area (Å²) in [5.41, 5.74) is 1.28. The van der Waals surface area contributed by atoms with E-state index in [1.165, 1.54) is 11.8 Å². The number of carbonyl (C=O) groups is 2. The van der Waals surface area contributed by atoms with Gasteiger partial charge in [0.2, 0.25) is 0 Å². The molecule has 6 nitrogen and oxygen atoms in total. The second kappa shape index (κ2) is 5.79. The number of nitrogens with zero attached hydrogens (tertiary/aromatic N) is 1. The smallest absolute Gasteiger partial charge is 0.354 e. The van der Waals surface area contributed by atoms with Crippen molar-refractivity contribution in [2.75, 3.05) is 11.6 Å². The fourth-order valence-corrected chi connectivity index (χ4v) is 2.32. The molecule has 0 saturated heterocycles. The number of carboxylic acid groups (broad SMARTS) is 1. The molecule has 0 unspecified atom stereocenters. The third kappa shape index (κ3) is 2.83. The largest absolute Gasteiger partial charge is 0.477 e. The highest BCUT2D eigenvalue weighted by atomic mass is 32.2. The lowest BCUT2D eigenvalue weighted by atomic mass is 10.2. The van der Waals surface area contributed by atoms with Crippen molar-refractivity contribution < 1.29 is 14.7 Å². The summed E-state index contributed by atoms with van der Waals surface area (Å²) in [5.74, 6) is -1.51. The van der Waals surface area contributed by atoms with Crippen LogP contribution in [-0.4, -0.2) is 33.2 Å². The molecule has 7 heteroatoms. The molecule has 0 bridgehead atoms. The summed E-state index contributed by atoms with van der Waals surface area (Å²) >= 11 is 1.35. The first kappa shape index (κ1) is 14.1. The van der Waals surface area contributed by atoms with E-state index in [1.807, 2.05) is 6.26 Å². The van der Waals surface area contributed by atoms with Crippen LogP contribution in [0, 0.1) is 6.92 Å². The van der Waals surface area contributed by atoms with Gasteiger partial charge in [0.15, 0.2) is 0 Å². The molecule has 0 radical (unpaired) electrons. The molecule has 0 aromatic carbocycles. The van der Waals surface area contributed by atoms with Gasteiger partial charge < -0.3 is 15.4 Å². The van der Waals surface area contributed by atoms with E-state index in [0.717, 1.165) is 0 Å². The Morgan fingerprint density at radius 3 is 2.85 bits per heavy atom. The maximum Gasteiger partial charge on any atom is 0.354 e. The molecule has 2 aromatic rings. The normalized spacial score (nSPS) is 10.3. The van der Waals surface area contributed by atoms with Crippen LogP contribution in [0.1, 0.15) is 26.5 Å². The Balaban J connectivity index is 2.30. The molecule has 2 aromatic heterocycles. The monoisotopic (exact) mass is 291 g/mol. The van der Waals surface area contributed by atoms with Crippen molar-refractivity contribution in [1.82, 2.24) is 9.97 Å². The van der Waals surface area contributed by atoms with Crippen molar-refractivity contribution in [2.24, 2.45) is 0 Å². The number of thioether (sulfide) groups is 1. The van der Waals surface area contributed by atoms with E-state index in [-0.39, 0.29) is 17.3 Å². The van der Waals surface area contributed by atoms with Crippen molar-refractivity contribution in [3.8, 4) is 0 Å². The first-order chi connectivity index (χ1) is 9.52. The number of nitrogens with one attached hydrogen (secondary N) is 2. The van der Waals surface area contributed by atoms with Gasteiger partial charge in [-0.2, -0.15) is 0 Å². The van der Waals surface area contributed by atoms with Gasteiger partial charge >= 0.3 is 5.97 Å². The molecular weight excluding hydrogens is 278 g/mol. The minimum Gasteiger partial charge on any atom is -0.477 e. The summed E-state index contributed by atoms with van der Waals surface area (Å²) in [4.78, 5) is 30.1. The molecule has 0 spiro atoms. The molecule has 0 aliphatic carbocycles. The number of pyridine rings is 1. The number of amides is 1. The van der Waals surface area contributed by atoms with Crippen LogP contribution in [0.15, 0.2) is 29.4 Å². The highest BCUT2D eigenvalue weighted by Crippen LogP contribution is 2.21. The Morgan fingerprint density at radius 1 is 1.45 bits per heavy atom. The number of hydrogen-bond acceptors (Lipinski definition) is 4. The van der Waals surface area contributed by atoms with Crippen LogP contribution in [0.25, 0.3) is 0 Å². The standard InChI is InChI=1S/C13H13N3O3S/c1-7-6-9(10(15-7)13(18)19)16-11(17)8-4-3-5-14-12(8)20-2/h3-6,15H,1-2H3,(H,16,17)(H,18,19). The molecule has 0 aliphatic rings. The lowest BCUT2D eigenvalue weighted by molar-refractivity contribution is 0.0692. The summed E-state index contributed by atoms with van der Waals surface area (Å²) in [6, 6.07) is 4.89. The van der Waals surface area contributed by atoms with Gasteiger partial charge in [0.1, 0.15) is 10.7 Å². The predicted octanol–water partition coefficient (Wildman–Crippen LogP) is 2.39. The number of aromatic amines is 1. The first-order valence-electron chi connectivity index (χ1n) is 5.76. The minimum atomic E-state index is -1.12. The number of carboxylic acids is 1. The molecule has 0 atom stereocenters. The van der Waals surface area contributed by atoms with Crippen molar-refractivity contribution in [1.29, 1.82) is 0 Å². The molecule has 2 rings (SSSR count). The summed E-state index contributed by atoms with van der Waals surface area (Å²) in [6.45, 7) is 1.72. The Kier molecular flexibility index (Phi) is 4.09. The van der Waals surface area contributed by atoms with Crippen molar-refractivity contribution >= 4 is 29.3 Å². The zero-order chi connectivity index (χ0) is 14.7. The molecule has 3 N–H and O–H groups in total. The van der Waals surface area contributed by atoms with Crippen LogP contribution in [0.5, 0.6) is 0 Å². The van der Waals surface area contributed by atoms with E-state index >= 15 is 0 Å². The lowest BCUT2D eigenvalue weighted by Gasteiger charge is -2.07.